The zero-order chi connectivity index (χ0) is 13.1. The topological polar surface area (TPSA) is 40.5 Å². The number of benzene rings is 1. The van der Waals surface area contributed by atoms with Crippen molar-refractivity contribution in [1.82, 2.24) is 4.90 Å². The molecule has 1 atom stereocenters. The van der Waals surface area contributed by atoms with Gasteiger partial charge in [-0.15, -0.1) is 0 Å². The third kappa shape index (κ3) is 3.29. The van der Waals surface area contributed by atoms with Crippen LogP contribution in [0.2, 0.25) is 0 Å². The van der Waals surface area contributed by atoms with Crippen LogP contribution >= 0.6 is 0 Å². The van der Waals surface area contributed by atoms with Gasteiger partial charge in [0.15, 0.2) is 0 Å². The first-order valence-electron chi connectivity index (χ1n) is 6.24. The average Bonchev–Trinajstić information content (AvgIpc) is 2.70. The molecular formula is C14H18FNO2. The van der Waals surface area contributed by atoms with Crippen LogP contribution in [0, 0.1) is 18.7 Å². The van der Waals surface area contributed by atoms with Crippen molar-refractivity contribution < 1.29 is 14.3 Å². The van der Waals surface area contributed by atoms with Gasteiger partial charge in [-0.1, -0.05) is 17.7 Å². The summed E-state index contributed by atoms with van der Waals surface area (Å²) in [6.45, 7) is 4.12. The van der Waals surface area contributed by atoms with E-state index in [2.05, 4.69) is 4.90 Å². The third-order valence-corrected chi connectivity index (χ3v) is 3.43. The fraction of sp³-hybridized carbons (Fsp3) is 0.500. The van der Waals surface area contributed by atoms with Gasteiger partial charge >= 0.3 is 5.97 Å². The molecule has 98 valence electrons. The van der Waals surface area contributed by atoms with Gasteiger partial charge in [0, 0.05) is 25.1 Å². The molecule has 0 radical (unpaired) electrons. The first-order chi connectivity index (χ1) is 8.54. The Balaban J connectivity index is 1.95. The largest absolute Gasteiger partial charge is 0.481 e. The molecule has 1 aliphatic heterocycles. The van der Waals surface area contributed by atoms with Gasteiger partial charge < -0.3 is 5.11 Å². The van der Waals surface area contributed by atoms with E-state index in [4.69, 9.17) is 5.11 Å². The maximum atomic E-state index is 13.6. The molecule has 1 aromatic rings. The maximum absolute atomic E-state index is 13.6. The molecule has 0 aromatic heterocycles. The van der Waals surface area contributed by atoms with Crippen LogP contribution in [0.4, 0.5) is 4.39 Å². The minimum atomic E-state index is -0.747. The molecule has 0 amide bonds. The van der Waals surface area contributed by atoms with Crippen molar-refractivity contribution in [3.8, 4) is 0 Å². The number of aryl methyl sites for hydroxylation is 1. The van der Waals surface area contributed by atoms with Crippen molar-refractivity contribution in [2.24, 2.45) is 5.92 Å². The molecule has 0 bridgehead atoms. The third-order valence-electron chi connectivity index (χ3n) is 3.43. The highest BCUT2D eigenvalue weighted by Gasteiger charge is 2.24. The van der Waals surface area contributed by atoms with Gasteiger partial charge in [-0.25, -0.2) is 4.39 Å². The molecule has 1 aromatic carbocycles. The second kappa shape index (κ2) is 5.48. The number of rotatable bonds is 4. The molecule has 1 saturated heterocycles. The lowest BCUT2D eigenvalue weighted by molar-refractivity contribution is -0.138. The number of carbonyl (C=O) groups is 1. The minimum absolute atomic E-state index is 0.178. The molecule has 0 spiro atoms. The molecule has 1 N–H and O–H groups in total. The number of hydrogen-bond donors (Lipinski definition) is 1. The monoisotopic (exact) mass is 251 g/mol. The molecule has 2 rings (SSSR count). The molecular weight excluding hydrogens is 233 g/mol. The molecule has 0 saturated carbocycles. The lowest BCUT2D eigenvalue weighted by Crippen LogP contribution is -2.21. The summed E-state index contributed by atoms with van der Waals surface area (Å²) in [7, 11) is 0. The predicted molar refractivity (Wildman–Crippen MR) is 66.8 cm³/mol. The quantitative estimate of drug-likeness (QED) is 0.893. The zero-order valence-corrected chi connectivity index (χ0v) is 10.5. The first kappa shape index (κ1) is 13.0. The Kier molecular flexibility index (Phi) is 3.97. The minimum Gasteiger partial charge on any atom is -0.481 e. The van der Waals surface area contributed by atoms with Gasteiger partial charge in [-0.05, 0) is 31.9 Å². The highest BCUT2D eigenvalue weighted by atomic mass is 19.1. The van der Waals surface area contributed by atoms with Gasteiger partial charge in [-0.3, -0.25) is 9.69 Å². The summed E-state index contributed by atoms with van der Waals surface area (Å²) in [6, 6.07) is 5.12. The van der Waals surface area contributed by atoms with E-state index in [1.165, 1.54) is 6.07 Å². The van der Waals surface area contributed by atoms with Crippen LogP contribution in [0.5, 0.6) is 0 Å². The number of carboxylic acids is 1. The molecule has 1 unspecified atom stereocenters. The van der Waals surface area contributed by atoms with Crippen LogP contribution in [0.15, 0.2) is 18.2 Å². The fourth-order valence-corrected chi connectivity index (χ4v) is 2.54. The van der Waals surface area contributed by atoms with Gasteiger partial charge in [0.25, 0.3) is 0 Å². The summed E-state index contributed by atoms with van der Waals surface area (Å²) in [5, 5.41) is 8.75. The second-order valence-corrected chi connectivity index (χ2v) is 5.08. The molecule has 1 heterocycles. The van der Waals surface area contributed by atoms with Crippen molar-refractivity contribution in [2.45, 2.75) is 26.3 Å². The van der Waals surface area contributed by atoms with Crippen molar-refractivity contribution in [1.29, 1.82) is 0 Å². The summed E-state index contributed by atoms with van der Waals surface area (Å²) in [6.07, 6.45) is 1.10. The Hall–Kier alpha value is -1.42. The molecule has 1 fully saturated rings. The van der Waals surface area contributed by atoms with Crippen LogP contribution in [-0.2, 0) is 11.3 Å². The number of nitrogens with zero attached hydrogens (tertiary/aromatic N) is 1. The Morgan fingerprint density at radius 2 is 2.33 bits per heavy atom. The maximum Gasteiger partial charge on any atom is 0.303 e. The predicted octanol–water partition coefficient (Wildman–Crippen LogP) is 2.43. The van der Waals surface area contributed by atoms with Crippen LogP contribution in [0.25, 0.3) is 0 Å². The van der Waals surface area contributed by atoms with E-state index < -0.39 is 5.97 Å². The SMILES string of the molecule is Cc1ccc(F)c(CN2CCC(CC(=O)O)C2)c1. The van der Waals surface area contributed by atoms with Crippen LogP contribution in [-0.4, -0.2) is 29.1 Å². The second-order valence-electron chi connectivity index (χ2n) is 5.08. The van der Waals surface area contributed by atoms with Crippen molar-refractivity contribution in [3.63, 3.8) is 0 Å². The molecule has 1 aliphatic rings. The Morgan fingerprint density at radius 1 is 1.56 bits per heavy atom. The summed E-state index contributed by atoms with van der Waals surface area (Å²) >= 11 is 0. The smallest absolute Gasteiger partial charge is 0.303 e. The number of hydrogen-bond acceptors (Lipinski definition) is 2. The lowest BCUT2D eigenvalue weighted by Gasteiger charge is -2.16. The first-order valence-corrected chi connectivity index (χ1v) is 6.24. The fourth-order valence-electron chi connectivity index (χ4n) is 2.54. The standard InChI is InChI=1S/C14H18FNO2/c1-10-2-3-13(15)12(6-10)9-16-5-4-11(8-16)7-14(17)18/h2-3,6,11H,4-5,7-9H2,1H3,(H,17,18). The van der Waals surface area contributed by atoms with Gasteiger partial charge in [0.05, 0.1) is 0 Å². The van der Waals surface area contributed by atoms with Crippen LogP contribution < -0.4 is 0 Å². The molecule has 0 aliphatic carbocycles. The number of likely N-dealkylation sites (tertiary alicyclic amines) is 1. The Bertz CT molecular complexity index is 447. The van der Waals surface area contributed by atoms with Gasteiger partial charge in [0.2, 0.25) is 0 Å². The van der Waals surface area contributed by atoms with E-state index in [9.17, 15) is 9.18 Å². The summed E-state index contributed by atoms with van der Waals surface area (Å²) < 4.78 is 13.6. The van der Waals surface area contributed by atoms with E-state index in [1.54, 1.807) is 6.07 Å². The highest BCUT2D eigenvalue weighted by Crippen LogP contribution is 2.22. The van der Waals surface area contributed by atoms with Gasteiger partial charge in [-0.2, -0.15) is 0 Å². The number of halogens is 1. The normalized spacial score (nSPS) is 20.2. The van der Waals surface area contributed by atoms with E-state index in [0.717, 1.165) is 25.1 Å². The highest BCUT2D eigenvalue weighted by molar-refractivity contribution is 5.67. The van der Waals surface area contributed by atoms with E-state index in [1.807, 2.05) is 13.0 Å². The summed E-state index contributed by atoms with van der Waals surface area (Å²) in [4.78, 5) is 12.8. The van der Waals surface area contributed by atoms with Crippen molar-refractivity contribution >= 4 is 5.97 Å². The van der Waals surface area contributed by atoms with Crippen molar-refractivity contribution in [2.75, 3.05) is 13.1 Å². The van der Waals surface area contributed by atoms with Crippen molar-refractivity contribution in [3.05, 3.63) is 35.1 Å². The van der Waals surface area contributed by atoms with Gasteiger partial charge in [0.1, 0.15) is 5.82 Å². The average molecular weight is 251 g/mol. The number of carboxylic acid groups (broad SMARTS) is 1. The van der Waals surface area contributed by atoms with E-state index in [-0.39, 0.29) is 18.2 Å². The number of aliphatic carboxylic acids is 1. The lowest BCUT2D eigenvalue weighted by atomic mass is 10.1. The Morgan fingerprint density at radius 3 is 3.06 bits per heavy atom. The van der Waals surface area contributed by atoms with E-state index >= 15 is 0 Å². The molecule has 18 heavy (non-hydrogen) atoms. The Labute approximate surface area is 106 Å². The summed E-state index contributed by atoms with van der Waals surface area (Å²) in [5.41, 5.74) is 1.75. The molecule has 4 heteroatoms. The van der Waals surface area contributed by atoms with Crippen LogP contribution in [0.1, 0.15) is 24.0 Å². The summed E-state index contributed by atoms with van der Waals surface area (Å²) in [5.74, 6) is -0.721. The van der Waals surface area contributed by atoms with Crippen LogP contribution in [0.3, 0.4) is 0 Å². The van der Waals surface area contributed by atoms with E-state index in [0.29, 0.717) is 12.1 Å². The zero-order valence-electron chi connectivity index (χ0n) is 10.5. The molecule has 3 nitrogen and oxygen atoms in total.